The van der Waals surface area contributed by atoms with E-state index < -0.39 is 29.5 Å². The second-order valence-electron chi connectivity index (χ2n) is 7.36. The highest BCUT2D eigenvalue weighted by molar-refractivity contribution is 9.10. The summed E-state index contributed by atoms with van der Waals surface area (Å²) in [5, 5.41) is 20.1. The zero-order valence-corrected chi connectivity index (χ0v) is 18.8. The van der Waals surface area contributed by atoms with Crippen molar-refractivity contribution in [2.75, 3.05) is 4.90 Å². The normalized spacial score (nSPS) is 16.0. The molecule has 1 unspecified atom stereocenters. The summed E-state index contributed by atoms with van der Waals surface area (Å²) in [7, 11) is 0. The Morgan fingerprint density at radius 3 is 2.30 bits per heavy atom. The van der Waals surface area contributed by atoms with Crippen LogP contribution >= 0.6 is 15.9 Å². The second kappa shape index (κ2) is 9.26. The van der Waals surface area contributed by atoms with E-state index in [-0.39, 0.29) is 16.8 Å². The highest BCUT2D eigenvalue weighted by atomic mass is 79.9. The molecule has 0 fully saturated rings. The molecule has 7 heteroatoms. The molecule has 0 spiro atoms. The lowest BCUT2D eigenvalue weighted by Crippen LogP contribution is -2.31. The van der Waals surface area contributed by atoms with Gasteiger partial charge >= 0.3 is 5.97 Å². The van der Waals surface area contributed by atoms with Gasteiger partial charge in [0, 0.05) is 10.2 Å². The molecule has 0 aliphatic carbocycles. The van der Waals surface area contributed by atoms with Crippen LogP contribution in [0.4, 0.5) is 5.69 Å². The van der Waals surface area contributed by atoms with E-state index in [1.54, 1.807) is 36.4 Å². The van der Waals surface area contributed by atoms with Gasteiger partial charge in [-0.05, 0) is 47.5 Å². The van der Waals surface area contributed by atoms with Crippen molar-refractivity contribution in [2.24, 2.45) is 0 Å². The largest absolute Gasteiger partial charge is 0.503 e. The first kappa shape index (κ1) is 22.2. The number of nitrogens with zero attached hydrogens (tertiary/aromatic N) is 1. The lowest BCUT2D eigenvalue weighted by Gasteiger charge is -2.27. The second-order valence-corrected chi connectivity index (χ2v) is 8.27. The van der Waals surface area contributed by atoms with Crippen LogP contribution in [0.1, 0.15) is 27.5 Å². The van der Waals surface area contributed by atoms with Crippen LogP contribution in [0, 0.1) is 0 Å². The summed E-state index contributed by atoms with van der Waals surface area (Å²) < 4.78 is 0.806. The first-order valence-electron chi connectivity index (χ1n) is 10.00. The van der Waals surface area contributed by atoms with Crippen molar-refractivity contribution in [2.45, 2.75) is 6.04 Å². The molecule has 3 aromatic carbocycles. The number of anilines is 1. The van der Waals surface area contributed by atoms with Crippen LogP contribution in [-0.2, 0) is 9.59 Å². The molecule has 3 aromatic rings. The summed E-state index contributed by atoms with van der Waals surface area (Å²) in [4.78, 5) is 39.0. The number of halogens is 1. The van der Waals surface area contributed by atoms with Crippen LogP contribution in [0.5, 0.6) is 0 Å². The van der Waals surface area contributed by atoms with Crippen molar-refractivity contribution < 1.29 is 24.6 Å². The molecule has 0 saturated carbocycles. The fourth-order valence-electron chi connectivity index (χ4n) is 3.70. The summed E-state index contributed by atoms with van der Waals surface area (Å²) in [6, 6.07) is 21.1. The molecule has 1 aliphatic rings. The lowest BCUT2D eigenvalue weighted by molar-refractivity contribution is -0.117. The average Bonchev–Trinajstić information content (AvgIpc) is 3.09. The van der Waals surface area contributed by atoms with Crippen molar-refractivity contribution in [1.29, 1.82) is 0 Å². The van der Waals surface area contributed by atoms with Crippen LogP contribution in [0.25, 0.3) is 6.08 Å². The number of ketones is 1. The van der Waals surface area contributed by atoms with Crippen LogP contribution < -0.4 is 4.90 Å². The van der Waals surface area contributed by atoms with E-state index in [1.807, 2.05) is 30.3 Å². The molecule has 1 heterocycles. The van der Waals surface area contributed by atoms with Gasteiger partial charge in [-0.3, -0.25) is 14.5 Å². The third-order valence-electron chi connectivity index (χ3n) is 5.26. The number of allylic oxidation sites excluding steroid dienone is 1. The average molecular weight is 504 g/mol. The fourth-order valence-corrected chi connectivity index (χ4v) is 3.96. The molecular weight excluding hydrogens is 486 g/mol. The Morgan fingerprint density at radius 2 is 1.64 bits per heavy atom. The smallest absolute Gasteiger partial charge is 0.335 e. The minimum absolute atomic E-state index is 0.0157. The fraction of sp³-hybridized carbons (Fsp3) is 0.0385. The van der Waals surface area contributed by atoms with Crippen molar-refractivity contribution in [1.82, 2.24) is 0 Å². The SMILES string of the molecule is O=C(C=Cc1ccccc1)C1=C(O)C(=O)N(c2cccc(C(=O)O)c2)C1c1ccc(Br)cc1. The Morgan fingerprint density at radius 1 is 0.939 bits per heavy atom. The Balaban J connectivity index is 1.81. The number of amides is 1. The maximum atomic E-state index is 13.2. The Kier molecular flexibility index (Phi) is 6.24. The molecular formula is C26H18BrNO5. The van der Waals surface area contributed by atoms with Crippen LogP contribution in [0.2, 0.25) is 0 Å². The minimum atomic E-state index is -1.15. The highest BCUT2D eigenvalue weighted by Gasteiger charge is 2.43. The van der Waals surface area contributed by atoms with Gasteiger partial charge in [-0.15, -0.1) is 0 Å². The van der Waals surface area contributed by atoms with Crippen LogP contribution in [-0.4, -0.2) is 27.9 Å². The van der Waals surface area contributed by atoms with Gasteiger partial charge in [0.25, 0.3) is 5.91 Å². The molecule has 0 bridgehead atoms. The Bertz CT molecular complexity index is 1300. The molecule has 6 nitrogen and oxygen atoms in total. The molecule has 164 valence electrons. The van der Waals surface area contributed by atoms with Crippen molar-refractivity contribution in [3.63, 3.8) is 0 Å². The number of benzene rings is 3. The quantitative estimate of drug-likeness (QED) is 0.443. The predicted molar refractivity (Wildman–Crippen MR) is 128 cm³/mol. The third-order valence-corrected chi connectivity index (χ3v) is 5.79. The predicted octanol–water partition coefficient (Wildman–Crippen LogP) is 5.33. The number of aliphatic hydroxyl groups is 1. The Labute approximate surface area is 198 Å². The number of aromatic carboxylic acids is 1. The number of carboxylic acids is 1. The highest BCUT2D eigenvalue weighted by Crippen LogP contribution is 2.41. The lowest BCUT2D eigenvalue weighted by atomic mass is 9.95. The molecule has 4 rings (SSSR count). The number of carbonyl (C=O) groups is 3. The number of rotatable bonds is 6. The molecule has 1 aliphatic heterocycles. The maximum absolute atomic E-state index is 13.2. The molecule has 0 radical (unpaired) electrons. The number of carbonyl (C=O) groups excluding carboxylic acids is 2. The Hall–Kier alpha value is -3.97. The molecule has 33 heavy (non-hydrogen) atoms. The van der Waals surface area contributed by atoms with Crippen LogP contribution in [0.15, 0.2) is 101 Å². The van der Waals surface area contributed by atoms with E-state index in [0.717, 1.165) is 10.0 Å². The first-order valence-corrected chi connectivity index (χ1v) is 10.8. The van der Waals surface area contributed by atoms with Gasteiger partial charge in [-0.2, -0.15) is 0 Å². The van der Waals surface area contributed by atoms with Gasteiger partial charge in [0.1, 0.15) is 0 Å². The maximum Gasteiger partial charge on any atom is 0.335 e. The van der Waals surface area contributed by atoms with Gasteiger partial charge in [0.05, 0.1) is 17.2 Å². The van der Waals surface area contributed by atoms with Gasteiger partial charge < -0.3 is 10.2 Å². The monoisotopic (exact) mass is 503 g/mol. The summed E-state index contributed by atoms with van der Waals surface area (Å²) in [5.74, 6) is -3.11. The summed E-state index contributed by atoms with van der Waals surface area (Å²) in [6.45, 7) is 0. The molecule has 1 amide bonds. The molecule has 0 saturated heterocycles. The van der Waals surface area contributed by atoms with Crippen molar-refractivity contribution >= 4 is 45.4 Å². The van der Waals surface area contributed by atoms with Gasteiger partial charge in [-0.25, -0.2) is 4.79 Å². The third kappa shape index (κ3) is 4.49. The topological polar surface area (TPSA) is 94.9 Å². The summed E-state index contributed by atoms with van der Waals surface area (Å²) >= 11 is 3.37. The summed E-state index contributed by atoms with van der Waals surface area (Å²) in [6.07, 6.45) is 2.93. The molecule has 2 N–H and O–H groups in total. The van der Waals surface area contributed by atoms with E-state index in [9.17, 15) is 24.6 Å². The number of hydrogen-bond donors (Lipinski definition) is 2. The number of aliphatic hydroxyl groups excluding tert-OH is 1. The van der Waals surface area contributed by atoms with Crippen molar-refractivity contribution in [3.8, 4) is 0 Å². The van der Waals surface area contributed by atoms with Crippen LogP contribution in [0.3, 0.4) is 0 Å². The van der Waals surface area contributed by atoms with Gasteiger partial charge in [0.15, 0.2) is 11.5 Å². The summed E-state index contributed by atoms with van der Waals surface area (Å²) in [5.41, 5.74) is 1.55. The van der Waals surface area contributed by atoms with E-state index in [2.05, 4.69) is 15.9 Å². The van der Waals surface area contributed by atoms with E-state index in [0.29, 0.717) is 5.56 Å². The van der Waals surface area contributed by atoms with Gasteiger partial charge in [-0.1, -0.05) is 70.5 Å². The standard InChI is InChI=1S/C26H18BrNO5/c27-19-12-10-17(11-13-19)23-22(21(29)14-9-16-5-2-1-3-6-16)24(30)25(31)28(23)20-8-4-7-18(15-20)26(32)33/h1-15,23,30H,(H,32,33). The van der Waals surface area contributed by atoms with Gasteiger partial charge in [0.2, 0.25) is 0 Å². The molecule has 1 atom stereocenters. The minimum Gasteiger partial charge on any atom is -0.503 e. The zero-order valence-electron chi connectivity index (χ0n) is 17.2. The zero-order chi connectivity index (χ0) is 23.5. The first-order chi connectivity index (χ1) is 15.9. The van der Waals surface area contributed by atoms with E-state index >= 15 is 0 Å². The van der Waals surface area contributed by atoms with E-state index in [4.69, 9.17) is 0 Å². The molecule has 0 aromatic heterocycles. The number of carboxylic acid groups (broad SMARTS) is 1. The van der Waals surface area contributed by atoms with Crippen molar-refractivity contribution in [3.05, 3.63) is 117 Å². The van der Waals surface area contributed by atoms with E-state index in [1.165, 1.54) is 29.2 Å². The number of hydrogen-bond acceptors (Lipinski definition) is 4.